The van der Waals surface area contributed by atoms with Crippen LogP contribution in [0.5, 0.6) is 0 Å². The minimum absolute atomic E-state index is 0.105. The molecule has 0 aliphatic rings. The summed E-state index contributed by atoms with van der Waals surface area (Å²) in [5.74, 6) is 0.303. The summed E-state index contributed by atoms with van der Waals surface area (Å²) < 4.78 is 0. The molecule has 3 aromatic rings. The predicted octanol–water partition coefficient (Wildman–Crippen LogP) is 1.49. The highest BCUT2D eigenvalue weighted by Crippen LogP contribution is 2.18. The summed E-state index contributed by atoms with van der Waals surface area (Å²) >= 11 is 0. The van der Waals surface area contributed by atoms with Crippen LogP contribution in [0.4, 0.5) is 0 Å². The van der Waals surface area contributed by atoms with E-state index in [1.54, 1.807) is 13.1 Å². The average Bonchev–Trinajstić information content (AvgIpc) is 2.84. The number of fused-ring (bicyclic) bond motifs is 1. The zero-order valence-electron chi connectivity index (χ0n) is 11.2. The highest BCUT2D eigenvalue weighted by Gasteiger charge is 2.14. The summed E-state index contributed by atoms with van der Waals surface area (Å²) in [6, 6.07) is 9.58. The van der Waals surface area contributed by atoms with Crippen LogP contribution in [0.2, 0.25) is 0 Å². The van der Waals surface area contributed by atoms with Gasteiger partial charge in [0.2, 0.25) is 0 Å². The molecule has 0 radical (unpaired) electrons. The number of carbonyl (C=O) groups is 1. The van der Waals surface area contributed by atoms with E-state index in [-0.39, 0.29) is 12.2 Å². The standard InChI is InChI=1S/C14H13N5O/c1-9-7-12(15-11-6-4-3-5-10(9)11)13(20)8-14-16-18-19(2)17-14/h3-7H,8H2,1-2H3. The lowest BCUT2D eigenvalue weighted by atomic mass is 10.1. The molecular formula is C14H13N5O. The molecule has 6 heteroatoms. The van der Waals surface area contributed by atoms with Crippen molar-refractivity contribution in [1.29, 1.82) is 0 Å². The van der Waals surface area contributed by atoms with Gasteiger partial charge < -0.3 is 0 Å². The molecule has 3 rings (SSSR count). The molecule has 2 heterocycles. The molecule has 0 saturated carbocycles. The van der Waals surface area contributed by atoms with Crippen molar-refractivity contribution in [1.82, 2.24) is 25.2 Å². The van der Waals surface area contributed by atoms with Crippen LogP contribution in [0.15, 0.2) is 30.3 Å². The van der Waals surface area contributed by atoms with Crippen molar-refractivity contribution in [3.8, 4) is 0 Å². The fourth-order valence-corrected chi connectivity index (χ4v) is 2.12. The minimum atomic E-state index is -0.105. The van der Waals surface area contributed by atoms with Gasteiger partial charge in [0.1, 0.15) is 5.69 Å². The van der Waals surface area contributed by atoms with Gasteiger partial charge in [-0.2, -0.15) is 4.80 Å². The molecule has 0 aliphatic heterocycles. The largest absolute Gasteiger partial charge is 0.292 e. The Balaban J connectivity index is 1.95. The second-order valence-corrected chi connectivity index (χ2v) is 4.64. The third-order valence-electron chi connectivity index (χ3n) is 3.08. The second kappa shape index (κ2) is 4.80. The van der Waals surface area contributed by atoms with E-state index in [1.165, 1.54) is 4.80 Å². The first-order valence-electron chi connectivity index (χ1n) is 6.26. The third-order valence-corrected chi connectivity index (χ3v) is 3.08. The Bertz CT molecular complexity index is 793. The van der Waals surface area contributed by atoms with Crippen molar-refractivity contribution in [2.45, 2.75) is 13.3 Å². The third kappa shape index (κ3) is 2.27. The van der Waals surface area contributed by atoms with Crippen LogP contribution in [0.25, 0.3) is 10.9 Å². The van der Waals surface area contributed by atoms with Crippen molar-refractivity contribution >= 4 is 16.7 Å². The van der Waals surface area contributed by atoms with Crippen molar-refractivity contribution in [2.24, 2.45) is 7.05 Å². The molecule has 0 fully saturated rings. The summed E-state index contributed by atoms with van der Waals surface area (Å²) in [4.78, 5) is 18.0. The van der Waals surface area contributed by atoms with Crippen molar-refractivity contribution < 1.29 is 4.79 Å². The van der Waals surface area contributed by atoms with Gasteiger partial charge in [-0.15, -0.1) is 10.2 Å². The molecule has 0 N–H and O–H groups in total. The smallest absolute Gasteiger partial charge is 0.188 e. The number of para-hydroxylation sites is 1. The van der Waals surface area contributed by atoms with E-state index in [0.717, 1.165) is 16.5 Å². The average molecular weight is 267 g/mol. The van der Waals surface area contributed by atoms with Crippen LogP contribution >= 0.6 is 0 Å². The van der Waals surface area contributed by atoms with Crippen LogP contribution in [0.1, 0.15) is 21.9 Å². The maximum absolute atomic E-state index is 12.2. The highest BCUT2D eigenvalue weighted by atomic mass is 16.1. The molecular weight excluding hydrogens is 254 g/mol. The SMILES string of the molecule is Cc1cc(C(=O)Cc2nnn(C)n2)nc2ccccc12. The van der Waals surface area contributed by atoms with Crippen LogP contribution in [-0.2, 0) is 13.5 Å². The van der Waals surface area contributed by atoms with Gasteiger partial charge in [-0.1, -0.05) is 18.2 Å². The number of aryl methyl sites for hydroxylation is 2. The van der Waals surface area contributed by atoms with E-state index in [2.05, 4.69) is 20.4 Å². The maximum atomic E-state index is 12.2. The molecule has 1 aromatic carbocycles. The number of hydrogen-bond donors (Lipinski definition) is 0. The molecule has 6 nitrogen and oxygen atoms in total. The number of nitrogens with zero attached hydrogens (tertiary/aromatic N) is 5. The highest BCUT2D eigenvalue weighted by molar-refractivity contribution is 5.98. The Morgan fingerprint density at radius 3 is 2.85 bits per heavy atom. The van der Waals surface area contributed by atoms with Gasteiger partial charge in [-0.3, -0.25) is 4.79 Å². The number of hydrogen-bond acceptors (Lipinski definition) is 5. The fourth-order valence-electron chi connectivity index (χ4n) is 2.12. The van der Waals surface area contributed by atoms with Gasteiger partial charge in [0.15, 0.2) is 11.6 Å². The molecule has 0 saturated heterocycles. The summed E-state index contributed by atoms with van der Waals surface area (Å²) in [6.07, 6.45) is 0.110. The summed E-state index contributed by atoms with van der Waals surface area (Å²) in [6.45, 7) is 1.97. The monoisotopic (exact) mass is 267 g/mol. The zero-order chi connectivity index (χ0) is 14.1. The molecule has 0 spiro atoms. The topological polar surface area (TPSA) is 73.6 Å². The summed E-state index contributed by atoms with van der Waals surface area (Å²) in [5, 5.41) is 12.6. The Hall–Kier alpha value is -2.63. The maximum Gasteiger partial charge on any atom is 0.188 e. The first-order valence-corrected chi connectivity index (χ1v) is 6.26. The van der Waals surface area contributed by atoms with Crippen molar-refractivity contribution in [3.05, 3.63) is 47.4 Å². The molecule has 0 amide bonds. The van der Waals surface area contributed by atoms with Gasteiger partial charge in [0, 0.05) is 5.39 Å². The van der Waals surface area contributed by atoms with E-state index in [1.807, 2.05) is 31.2 Å². The number of tetrazole rings is 1. The number of aromatic nitrogens is 5. The number of Topliss-reactive ketones (excluding diaryl/α,β-unsaturated/α-hetero) is 1. The lowest BCUT2D eigenvalue weighted by Crippen LogP contribution is -2.08. The van der Waals surface area contributed by atoms with Crippen molar-refractivity contribution in [2.75, 3.05) is 0 Å². The molecule has 0 unspecified atom stereocenters. The van der Waals surface area contributed by atoms with Gasteiger partial charge in [-0.05, 0) is 29.8 Å². The van der Waals surface area contributed by atoms with E-state index in [4.69, 9.17) is 0 Å². The number of benzene rings is 1. The summed E-state index contributed by atoms with van der Waals surface area (Å²) in [5.41, 5.74) is 2.29. The number of ketones is 1. The Kier molecular flexibility index (Phi) is 2.98. The van der Waals surface area contributed by atoms with E-state index in [9.17, 15) is 4.79 Å². The predicted molar refractivity (Wildman–Crippen MR) is 73.3 cm³/mol. The number of rotatable bonds is 3. The van der Waals surface area contributed by atoms with Gasteiger partial charge in [0.25, 0.3) is 0 Å². The van der Waals surface area contributed by atoms with Crippen LogP contribution < -0.4 is 0 Å². The van der Waals surface area contributed by atoms with Gasteiger partial charge >= 0.3 is 0 Å². The van der Waals surface area contributed by atoms with Gasteiger partial charge in [0.05, 0.1) is 19.0 Å². The Labute approximate surface area is 115 Å². The van der Waals surface area contributed by atoms with Crippen LogP contribution in [0.3, 0.4) is 0 Å². The van der Waals surface area contributed by atoms with E-state index in [0.29, 0.717) is 11.5 Å². The molecule has 0 bridgehead atoms. The van der Waals surface area contributed by atoms with Gasteiger partial charge in [-0.25, -0.2) is 4.98 Å². The summed E-state index contributed by atoms with van der Waals surface area (Å²) in [7, 11) is 1.67. The molecule has 0 atom stereocenters. The molecule has 0 aliphatic carbocycles. The normalized spacial score (nSPS) is 10.9. The van der Waals surface area contributed by atoms with Crippen LogP contribution in [-0.4, -0.2) is 31.0 Å². The number of pyridine rings is 1. The first kappa shape index (κ1) is 12.4. The second-order valence-electron chi connectivity index (χ2n) is 4.64. The quantitative estimate of drug-likeness (QED) is 0.672. The van der Waals surface area contributed by atoms with E-state index >= 15 is 0 Å². The Morgan fingerprint density at radius 2 is 2.10 bits per heavy atom. The fraction of sp³-hybridized carbons (Fsp3) is 0.214. The minimum Gasteiger partial charge on any atom is -0.292 e. The van der Waals surface area contributed by atoms with Crippen molar-refractivity contribution in [3.63, 3.8) is 0 Å². The van der Waals surface area contributed by atoms with Crippen LogP contribution in [0, 0.1) is 6.92 Å². The lowest BCUT2D eigenvalue weighted by Gasteiger charge is -2.04. The molecule has 20 heavy (non-hydrogen) atoms. The lowest BCUT2D eigenvalue weighted by molar-refractivity contribution is 0.0986. The molecule has 2 aromatic heterocycles. The molecule has 100 valence electrons. The zero-order valence-corrected chi connectivity index (χ0v) is 11.2. The van der Waals surface area contributed by atoms with E-state index < -0.39 is 0 Å². The number of carbonyl (C=O) groups excluding carboxylic acids is 1. The Morgan fingerprint density at radius 1 is 1.30 bits per heavy atom. The first-order chi connectivity index (χ1) is 9.63.